The Labute approximate surface area is 140 Å². The molecule has 0 spiro atoms. The second kappa shape index (κ2) is 5.97. The summed E-state index contributed by atoms with van der Waals surface area (Å²) in [6.45, 7) is 0. The summed E-state index contributed by atoms with van der Waals surface area (Å²) < 4.78 is 28.0. The maximum atomic E-state index is 12.3. The summed E-state index contributed by atoms with van der Waals surface area (Å²) in [5, 5.41) is 0.124. The molecule has 20 heavy (non-hydrogen) atoms. The van der Waals surface area contributed by atoms with Crippen LogP contribution < -0.4 is 10.5 Å². The molecule has 0 aliphatic carbocycles. The summed E-state index contributed by atoms with van der Waals surface area (Å²) in [7, 11) is -3.82. The zero-order valence-corrected chi connectivity index (χ0v) is 14.4. The van der Waals surface area contributed by atoms with Crippen LogP contribution in [0.25, 0.3) is 0 Å². The number of sulfonamides is 1. The number of hydrogen-bond donors (Lipinski definition) is 2. The Kier molecular flexibility index (Phi) is 4.68. The van der Waals surface area contributed by atoms with Crippen LogP contribution in [0, 0.1) is 3.57 Å². The van der Waals surface area contributed by atoms with E-state index >= 15 is 0 Å². The second-order valence-electron chi connectivity index (χ2n) is 3.89. The standard InChI is InChI=1S/C12H9Cl2IN2O2S/c13-9-4-5-10(11(14)12(9)16)20(18,19)17-8-3-1-2-7(15)6-8/h1-6,17H,16H2. The van der Waals surface area contributed by atoms with Gasteiger partial charge in [0.25, 0.3) is 10.0 Å². The number of halogens is 3. The smallest absolute Gasteiger partial charge is 0.263 e. The molecule has 0 unspecified atom stereocenters. The Morgan fingerprint density at radius 1 is 1.15 bits per heavy atom. The molecule has 2 aromatic rings. The molecule has 2 aromatic carbocycles. The van der Waals surface area contributed by atoms with Crippen molar-refractivity contribution in [2.45, 2.75) is 4.90 Å². The molecule has 3 N–H and O–H groups in total. The lowest BCUT2D eigenvalue weighted by Crippen LogP contribution is -2.14. The van der Waals surface area contributed by atoms with E-state index in [1.54, 1.807) is 18.2 Å². The highest BCUT2D eigenvalue weighted by molar-refractivity contribution is 14.1. The number of nitrogens with two attached hydrogens (primary N) is 1. The van der Waals surface area contributed by atoms with Crippen molar-refractivity contribution in [2.24, 2.45) is 0 Å². The molecule has 4 nitrogen and oxygen atoms in total. The molecule has 2 rings (SSSR count). The fourth-order valence-electron chi connectivity index (χ4n) is 1.52. The van der Waals surface area contributed by atoms with E-state index in [2.05, 4.69) is 27.3 Å². The molecule has 0 amide bonds. The first kappa shape index (κ1) is 15.7. The third-order valence-electron chi connectivity index (χ3n) is 2.46. The molecule has 0 heterocycles. The van der Waals surface area contributed by atoms with E-state index in [0.717, 1.165) is 3.57 Å². The van der Waals surface area contributed by atoms with Crippen molar-refractivity contribution in [3.8, 4) is 0 Å². The molecular weight excluding hydrogens is 434 g/mol. The first-order valence-electron chi connectivity index (χ1n) is 5.33. The van der Waals surface area contributed by atoms with Gasteiger partial charge in [0, 0.05) is 9.26 Å². The molecule has 0 radical (unpaired) electrons. The largest absolute Gasteiger partial charge is 0.396 e. The van der Waals surface area contributed by atoms with Crippen molar-refractivity contribution in [1.82, 2.24) is 0 Å². The lowest BCUT2D eigenvalue weighted by molar-refractivity contribution is 0.601. The Morgan fingerprint density at radius 2 is 1.85 bits per heavy atom. The minimum atomic E-state index is -3.82. The van der Waals surface area contributed by atoms with E-state index in [9.17, 15) is 8.42 Å². The van der Waals surface area contributed by atoms with E-state index in [1.807, 2.05) is 6.07 Å². The van der Waals surface area contributed by atoms with Crippen LogP contribution in [0.15, 0.2) is 41.3 Å². The predicted octanol–water partition coefficient (Wildman–Crippen LogP) is 3.98. The van der Waals surface area contributed by atoms with Gasteiger partial charge < -0.3 is 5.73 Å². The van der Waals surface area contributed by atoms with Crippen LogP contribution in [0.2, 0.25) is 10.0 Å². The summed E-state index contributed by atoms with van der Waals surface area (Å²) in [6, 6.07) is 9.66. The van der Waals surface area contributed by atoms with Crippen molar-refractivity contribution in [2.75, 3.05) is 10.5 Å². The molecule has 0 atom stereocenters. The molecule has 106 valence electrons. The van der Waals surface area contributed by atoms with E-state index in [1.165, 1.54) is 12.1 Å². The normalized spacial score (nSPS) is 11.3. The van der Waals surface area contributed by atoms with E-state index in [-0.39, 0.29) is 20.6 Å². The maximum absolute atomic E-state index is 12.3. The average Bonchev–Trinajstić information content (AvgIpc) is 2.35. The number of hydrogen-bond acceptors (Lipinski definition) is 3. The van der Waals surface area contributed by atoms with Gasteiger partial charge in [-0.2, -0.15) is 0 Å². The Bertz CT molecular complexity index is 766. The number of benzene rings is 2. The summed E-state index contributed by atoms with van der Waals surface area (Å²) >= 11 is 13.8. The van der Waals surface area contributed by atoms with Gasteiger partial charge in [0.1, 0.15) is 4.90 Å². The highest BCUT2D eigenvalue weighted by Gasteiger charge is 2.20. The lowest BCUT2D eigenvalue weighted by Gasteiger charge is -2.11. The summed E-state index contributed by atoms with van der Waals surface area (Å²) in [5.41, 5.74) is 6.13. The molecule has 0 aliphatic rings. The molecule has 0 aliphatic heterocycles. The average molecular weight is 443 g/mol. The second-order valence-corrected chi connectivity index (χ2v) is 7.57. The summed E-state index contributed by atoms with van der Waals surface area (Å²) in [6.07, 6.45) is 0. The van der Waals surface area contributed by atoms with Gasteiger partial charge in [0.05, 0.1) is 15.7 Å². The number of nitrogen functional groups attached to an aromatic ring is 1. The van der Waals surface area contributed by atoms with Gasteiger partial charge in [-0.1, -0.05) is 29.3 Å². The van der Waals surface area contributed by atoms with E-state index in [4.69, 9.17) is 28.9 Å². The third-order valence-corrected chi connectivity index (χ3v) is 5.40. The highest BCUT2D eigenvalue weighted by Crippen LogP contribution is 2.33. The first-order valence-corrected chi connectivity index (χ1v) is 8.65. The molecule has 8 heteroatoms. The van der Waals surface area contributed by atoms with Crippen LogP contribution in [0.5, 0.6) is 0 Å². The van der Waals surface area contributed by atoms with Crippen LogP contribution in [0.3, 0.4) is 0 Å². The minimum Gasteiger partial charge on any atom is -0.396 e. The van der Waals surface area contributed by atoms with E-state index in [0.29, 0.717) is 5.69 Å². The van der Waals surface area contributed by atoms with Gasteiger partial charge in [-0.3, -0.25) is 4.72 Å². The molecular formula is C12H9Cl2IN2O2S. The molecule has 0 aromatic heterocycles. The number of rotatable bonds is 3. The topological polar surface area (TPSA) is 72.2 Å². The molecule has 0 saturated heterocycles. The lowest BCUT2D eigenvalue weighted by atomic mass is 10.3. The van der Waals surface area contributed by atoms with Crippen molar-refractivity contribution in [3.05, 3.63) is 50.0 Å². The predicted molar refractivity (Wildman–Crippen MR) is 90.8 cm³/mol. The minimum absolute atomic E-state index is 0.0406. The van der Waals surface area contributed by atoms with Crippen molar-refractivity contribution < 1.29 is 8.42 Å². The number of anilines is 2. The molecule has 0 bridgehead atoms. The first-order chi connectivity index (χ1) is 9.31. The summed E-state index contributed by atoms with van der Waals surface area (Å²) in [5.74, 6) is 0. The van der Waals surface area contributed by atoms with Crippen LogP contribution >= 0.6 is 45.8 Å². The molecule has 0 saturated carbocycles. The third kappa shape index (κ3) is 3.30. The van der Waals surface area contributed by atoms with Crippen LogP contribution in [0.4, 0.5) is 11.4 Å². The van der Waals surface area contributed by atoms with Gasteiger partial charge in [0.15, 0.2) is 0 Å². The monoisotopic (exact) mass is 442 g/mol. The zero-order valence-electron chi connectivity index (χ0n) is 9.90. The quantitative estimate of drug-likeness (QED) is 0.557. The van der Waals surface area contributed by atoms with Gasteiger partial charge >= 0.3 is 0 Å². The van der Waals surface area contributed by atoms with Crippen LogP contribution in [0.1, 0.15) is 0 Å². The van der Waals surface area contributed by atoms with Crippen LogP contribution in [-0.4, -0.2) is 8.42 Å². The van der Waals surface area contributed by atoms with Gasteiger partial charge in [-0.05, 0) is 52.9 Å². The fourth-order valence-corrected chi connectivity index (χ4v) is 3.88. The van der Waals surface area contributed by atoms with Gasteiger partial charge in [-0.25, -0.2) is 8.42 Å². The maximum Gasteiger partial charge on any atom is 0.263 e. The van der Waals surface area contributed by atoms with E-state index < -0.39 is 10.0 Å². The highest BCUT2D eigenvalue weighted by atomic mass is 127. The van der Waals surface area contributed by atoms with Gasteiger partial charge in [0.2, 0.25) is 0 Å². The van der Waals surface area contributed by atoms with Crippen molar-refractivity contribution in [1.29, 1.82) is 0 Å². The summed E-state index contributed by atoms with van der Waals surface area (Å²) in [4.78, 5) is -0.111. The zero-order chi connectivity index (χ0) is 14.9. The molecule has 0 fully saturated rings. The Hall–Kier alpha value is -0.700. The van der Waals surface area contributed by atoms with Gasteiger partial charge in [-0.15, -0.1) is 0 Å². The number of nitrogens with one attached hydrogen (secondary N) is 1. The van der Waals surface area contributed by atoms with Crippen LogP contribution in [-0.2, 0) is 10.0 Å². The Balaban J connectivity index is 2.44. The van der Waals surface area contributed by atoms with Crippen molar-refractivity contribution >= 4 is 67.2 Å². The Morgan fingerprint density at radius 3 is 2.50 bits per heavy atom. The van der Waals surface area contributed by atoms with Crippen molar-refractivity contribution in [3.63, 3.8) is 0 Å². The SMILES string of the molecule is Nc1c(Cl)ccc(S(=O)(=O)Nc2cccc(I)c2)c1Cl. The fraction of sp³-hybridized carbons (Fsp3) is 0.